The summed E-state index contributed by atoms with van der Waals surface area (Å²) < 4.78 is 29.7. The van der Waals surface area contributed by atoms with Gasteiger partial charge in [-0.1, -0.05) is 12.1 Å². The smallest absolute Gasteiger partial charge is 0.255 e. The molecule has 22 heavy (non-hydrogen) atoms. The van der Waals surface area contributed by atoms with Crippen LogP contribution in [0.5, 0.6) is 5.75 Å². The fourth-order valence-corrected chi connectivity index (χ4v) is 2.63. The molecule has 0 aliphatic rings. The minimum absolute atomic E-state index is 0.116. The zero-order valence-corrected chi connectivity index (χ0v) is 13.1. The van der Waals surface area contributed by atoms with Crippen LogP contribution in [0.4, 0.5) is 10.1 Å². The Morgan fingerprint density at radius 2 is 2.05 bits per heavy atom. The molecule has 1 N–H and O–H groups in total. The Kier molecular flexibility index (Phi) is 5.27. The van der Waals surface area contributed by atoms with Crippen LogP contribution in [0.25, 0.3) is 0 Å². The molecule has 0 saturated heterocycles. The van der Waals surface area contributed by atoms with Crippen molar-refractivity contribution in [2.45, 2.75) is 5.75 Å². The molecule has 0 fully saturated rings. The van der Waals surface area contributed by atoms with Crippen molar-refractivity contribution >= 4 is 22.4 Å². The van der Waals surface area contributed by atoms with Gasteiger partial charge in [0.25, 0.3) is 5.91 Å². The van der Waals surface area contributed by atoms with Gasteiger partial charge >= 0.3 is 0 Å². The highest BCUT2D eigenvalue weighted by Gasteiger charge is 2.09. The van der Waals surface area contributed by atoms with Crippen molar-refractivity contribution in [1.82, 2.24) is 0 Å². The molecule has 6 heteroatoms. The SMILES string of the molecule is COc1ccc(NC(=O)c2cccc(CS(C)=O)c2)cc1F. The van der Waals surface area contributed by atoms with Crippen LogP contribution in [0, 0.1) is 5.82 Å². The van der Waals surface area contributed by atoms with Gasteiger partial charge in [0.2, 0.25) is 0 Å². The lowest BCUT2D eigenvalue weighted by atomic mass is 10.1. The van der Waals surface area contributed by atoms with Crippen LogP contribution in [0.1, 0.15) is 15.9 Å². The Labute approximate surface area is 130 Å². The second-order valence-corrected chi connectivity index (χ2v) is 6.16. The quantitative estimate of drug-likeness (QED) is 0.921. The van der Waals surface area contributed by atoms with Crippen molar-refractivity contribution in [2.75, 3.05) is 18.7 Å². The van der Waals surface area contributed by atoms with Crippen LogP contribution < -0.4 is 10.1 Å². The number of methoxy groups -OCH3 is 1. The molecule has 0 heterocycles. The van der Waals surface area contributed by atoms with E-state index >= 15 is 0 Å². The van der Waals surface area contributed by atoms with E-state index in [-0.39, 0.29) is 11.7 Å². The lowest BCUT2D eigenvalue weighted by Gasteiger charge is -2.08. The summed E-state index contributed by atoms with van der Waals surface area (Å²) >= 11 is 0. The maximum absolute atomic E-state index is 13.6. The summed E-state index contributed by atoms with van der Waals surface area (Å²) in [4.78, 5) is 12.2. The summed E-state index contributed by atoms with van der Waals surface area (Å²) in [5.41, 5.74) is 1.58. The van der Waals surface area contributed by atoms with Crippen molar-refractivity contribution in [3.8, 4) is 5.75 Å². The van der Waals surface area contributed by atoms with Gasteiger partial charge in [-0.05, 0) is 29.8 Å². The normalized spacial score (nSPS) is 11.8. The van der Waals surface area contributed by atoms with Gasteiger partial charge in [-0.25, -0.2) is 4.39 Å². The summed E-state index contributed by atoms with van der Waals surface area (Å²) in [6, 6.07) is 11.1. The van der Waals surface area contributed by atoms with Gasteiger partial charge in [-0.15, -0.1) is 0 Å². The Bertz CT molecular complexity index is 718. The first-order valence-electron chi connectivity index (χ1n) is 6.53. The molecule has 2 aromatic rings. The molecule has 0 bridgehead atoms. The molecule has 116 valence electrons. The van der Waals surface area contributed by atoms with Crippen LogP contribution in [0.3, 0.4) is 0 Å². The van der Waals surface area contributed by atoms with E-state index in [4.69, 9.17) is 4.74 Å². The Balaban J connectivity index is 2.15. The highest BCUT2D eigenvalue weighted by Crippen LogP contribution is 2.21. The standard InChI is InChI=1S/C16H16FNO3S/c1-21-15-7-6-13(9-14(15)17)18-16(19)12-5-3-4-11(8-12)10-22(2)20/h3-9H,10H2,1-2H3,(H,18,19). The van der Waals surface area contributed by atoms with Gasteiger partial charge in [-0.2, -0.15) is 0 Å². The number of carbonyl (C=O) groups is 1. The van der Waals surface area contributed by atoms with Crippen molar-refractivity contribution < 1.29 is 18.1 Å². The topological polar surface area (TPSA) is 55.4 Å². The number of benzene rings is 2. The van der Waals surface area contributed by atoms with Crippen molar-refractivity contribution in [3.63, 3.8) is 0 Å². The van der Waals surface area contributed by atoms with Crippen LogP contribution in [0.15, 0.2) is 42.5 Å². The second-order valence-electron chi connectivity index (χ2n) is 4.72. The van der Waals surface area contributed by atoms with Crippen LogP contribution in [-0.4, -0.2) is 23.5 Å². The van der Waals surface area contributed by atoms with E-state index < -0.39 is 16.6 Å². The highest BCUT2D eigenvalue weighted by molar-refractivity contribution is 7.83. The number of hydrogen-bond donors (Lipinski definition) is 1. The van der Waals surface area contributed by atoms with E-state index in [9.17, 15) is 13.4 Å². The van der Waals surface area contributed by atoms with E-state index in [0.29, 0.717) is 17.0 Å². The maximum atomic E-state index is 13.6. The van der Waals surface area contributed by atoms with E-state index in [1.807, 2.05) is 6.07 Å². The predicted octanol–water partition coefficient (Wildman–Crippen LogP) is 2.97. The summed E-state index contributed by atoms with van der Waals surface area (Å²) in [5, 5.41) is 2.62. The van der Waals surface area contributed by atoms with Crippen LogP contribution in [0.2, 0.25) is 0 Å². The zero-order chi connectivity index (χ0) is 16.1. The van der Waals surface area contributed by atoms with Crippen molar-refractivity contribution in [2.24, 2.45) is 0 Å². The number of nitrogens with one attached hydrogen (secondary N) is 1. The Morgan fingerprint density at radius 1 is 1.27 bits per heavy atom. The first kappa shape index (κ1) is 16.2. The number of hydrogen-bond acceptors (Lipinski definition) is 3. The fraction of sp³-hybridized carbons (Fsp3) is 0.188. The lowest BCUT2D eigenvalue weighted by molar-refractivity contribution is 0.102. The summed E-state index contributed by atoms with van der Waals surface area (Å²) in [5.74, 6) is -0.396. The molecule has 1 unspecified atom stereocenters. The van der Waals surface area contributed by atoms with Gasteiger partial charge in [0.1, 0.15) is 0 Å². The average Bonchev–Trinajstić information content (AvgIpc) is 2.47. The fourth-order valence-electron chi connectivity index (χ4n) is 1.98. The summed E-state index contributed by atoms with van der Waals surface area (Å²) in [6.45, 7) is 0. The third kappa shape index (κ3) is 4.14. The second kappa shape index (κ2) is 7.17. The largest absolute Gasteiger partial charge is 0.494 e. The molecule has 0 radical (unpaired) electrons. The monoisotopic (exact) mass is 321 g/mol. The Morgan fingerprint density at radius 3 is 2.68 bits per heavy atom. The number of rotatable bonds is 5. The van der Waals surface area contributed by atoms with Gasteiger partial charge < -0.3 is 10.1 Å². The molecular weight excluding hydrogens is 305 g/mol. The van der Waals surface area contributed by atoms with E-state index in [1.165, 1.54) is 19.2 Å². The third-order valence-electron chi connectivity index (χ3n) is 2.97. The first-order valence-corrected chi connectivity index (χ1v) is 8.26. The molecule has 0 aromatic heterocycles. The van der Waals surface area contributed by atoms with E-state index in [1.54, 1.807) is 30.5 Å². The minimum atomic E-state index is -0.978. The molecule has 2 aromatic carbocycles. The van der Waals surface area contributed by atoms with Crippen LogP contribution in [-0.2, 0) is 16.6 Å². The molecule has 2 rings (SSSR count). The maximum Gasteiger partial charge on any atom is 0.255 e. The number of carbonyl (C=O) groups excluding carboxylic acids is 1. The van der Waals surface area contributed by atoms with E-state index in [0.717, 1.165) is 5.56 Å². The summed E-state index contributed by atoms with van der Waals surface area (Å²) in [6.07, 6.45) is 1.60. The molecule has 1 amide bonds. The minimum Gasteiger partial charge on any atom is -0.494 e. The van der Waals surface area contributed by atoms with Crippen molar-refractivity contribution in [3.05, 3.63) is 59.4 Å². The highest BCUT2D eigenvalue weighted by atomic mass is 32.2. The number of ether oxygens (including phenoxy) is 1. The predicted molar refractivity (Wildman–Crippen MR) is 85.1 cm³/mol. The molecule has 0 aliphatic carbocycles. The first-order chi connectivity index (χ1) is 10.5. The van der Waals surface area contributed by atoms with Crippen LogP contribution >= 0.6 is 0 Å². The lowest BCUT2D eigenvalue weighted by Crippen LogP contribution is -2.12. The average molecular weight is 321 g/mol. The third-order valence-corrected chi connectivity index (χ3v) is 3.71. The molecular formula is C16H16FNO3S. The van der Waals surface area contributed by atoms with Gasteiger partial charge in [0, 0.05) is 40.1 Å². The number of halogens is 1. The number of anilines is 1. The van der Waals surface area contributed by atoms with Gasteiger partial charge in [-0.3, -0.25) is 9.00 Å². The van der Waals surface area contributed by atoms with E-state index in [2.05, 4.69) is 5.32 Å². The van der Waals surface area contributed by atoms with Gasteiger partial charge in [0.05, 0.1) is 7.11 Å². The number of amides is 1. The Hall–Kier alpha value is -2.21. The molecule has 4 nitrogen and oxygen atoms in total. The molecule has 0 saturated carbocycles. The molecule has 0 aliphatic heterocycles. The molecule has 0 spiro atoms. The summed E-state index contributed by atoms with van der Waals surface area (Å²) in [7, 11) is 0.397. The zero-order valence-electron chi connectivity index (χ0n) is 12.3. The van der Waals surface area contributed by atoms with Crippen molar-refractivity contribution in [1.29, 1.82) is 0 Å². The molecule has 1 atom stereocenters. The van der Waals surface area contributed by atoms with Gasteiger partial charge in [0.15, 0.2) is 11.6 Å².